The van der Waals surface area contributed by atoms with E-state index in [-0.39, 0.29) is 0 Å². The van der Waals surface area contributed by atoms with Crippen molar-refractivity contribution in [2.75, 3.05) is 12.8 Å². The summed E-state index contributed by atoms with van der Waals surface area (Å²) in [5, 5.41) is 8.22. The topological polar surface area (TPSA) is 59.0 Å². The molecule has 0 aliphatic rings. The van der Waals surface area contributed by atoms with Gasteiger partial charge in [0.1, 0.15) is 5.75 Å². The molecule has 0 aliphatic carbocycles. The number of nitriles is 1. The molecule has 1 aromatic carbocycles. The van der Waals surface area contributed by atoms with Crippen LogP contribution < -0.4 is 10.5 Å². The number of anilines is 1. The average molecular weight is 172 g/mol. The fourth-order valence-electron chi connectivity index (χ4n) is 0.912. The van der Waals surface area contributed by atoms with Gasteiger partial charge in [-0.2, -0.15) is 5.26 Å². The first-order chi connectivity index (χ1) is 6.27. The number of methoxy groups -OCH3 is 1. The Balaban J connectivity index is 3.04. The second kappa shape index (κ2) is 4.04. The number of hydrogen-bond acceptors (Lipinski definition) is 3. The second-order valence-corrected chi connectivity index (χ2v) is 2.32. The molecule has 1 aromatic rings. The molecule has 0 bridgehead atoms. The second-order valence-electron chi connectivity index (χ2n) is 2.32. The van der Waals surface area contributed by atoms with Gasteiger partial charge in [0, 0.05) is 11.5 Å². The Bertz CT molecular complexity index is 407. The van der Waals surface area contributed by atoms with E-state index in [0.29, 0.717) is 17.0 Å². The minimum Gasteiger partial charge on any atom is -0.495 e. The largest absolute Gasteiger partial charge is 0.495 e. The zero-order valence-corrected chi connectivity index (χ0v) is 7.16. The smallest absolute Gasteiger partial charge is 0.152 e. The van der Waals surface area contributed by atoms with E-state index in [1.165, 1.54) is 0 Å². The summed E-state index contributed by atoms with van der Waals surface area (Å²) in [6, 6.07) is 6.87. The van der Waals surface area contributed by atoms with E-state index >= 15 is 0 Å². The van der Waals surface area contributed by atoms with Gasteiger partial charge in [0.05, 0.1) is 12.8 Å². The Morgan fingerprint density at radius 3 is 2.77 bits per heavy atom. The summed E-state index contributed by atoms with van der Waals surface area (Å²) >= 11 is 0. The van der Waals surface area contributed by atoms with Gasteiger partial charge in [-0.1, -0.05) is 5.92 Å². The highest BCUT2D eigenvalue weighted by Crippen LogP contribution is 2.21. The summed E-state index contributed by atoms with van der Waals surface area (Å²) < 4.78 is 4.97. The number of ether oxygens (including phenoxy) is 1. The molecule has 13 heavy (non-hydrogen) atoms. The number of hydrogen-bond donors (Lipinski definition) is 1. The predicted molar refractivity (Wildman–Crippen MR) is 49.9 cm³/mol. The van der Waals surface area contributed by atoms with Crippen LogP contribution in [0.3, 0.4) is 0 Å². The summed E-state index contributed by atoms with van der Waals surface area (Å²) in [6.45, 7) is 0. The van der Waals surface area contributed by atoms with Crippen molar-refractivity contribution in [2.24, 2.45) is 0 Å². The van der Waals surface area contributed by atoms with Crippen LogP contribution in [0.4, 0.5) is 5.69 Å². The third-order valence-electron chi connectivity index (χ3n) is 1.49. The van der Waals surface area contributed by atoms with E-state index < -0.39 is 0 Å². The first-order valence-electron chi connectivity index (χ1n) is 3.61. The zero-order valence-electron chi connectivity index (χ0n) is 7.16. The van der Waals surface area contributed by atoms with E-state index in [2.05, 4.69) is 11.8 Å². The molecule has 0 aromatic heterocycles. The molecule has 0 atom stereocenters. The van der Waals surface area contributed by atoms with Crippen molar-refractivity contribution in [3.63, 3.8) is 0 Å². The molecule has 2 N–H and O–H groups in total. The van der Waals surface area contributed by atoms with Gasteiger partial charge in [-0.25, -0.2) is 0 Å². The summed E-state index contributed by atoms with van der Waals surface area (Å²) in [5.74, 6) is 5.54. The van der Waals surface area contributed by atoms with Crippen molar-refractivity contribution in [1.29, 1.82) is 5.26 Å². The summed E-state index contributed by atoms with van der Waals surface area (Å²) in [5.41, 5.74) is 6.86. The van der Waals surface area contributed by atoms with Crippen molar-refractivity contribution >= 4 is 5.69 Å². The molecule has 1 rings (SSSR count). The molecule has 0 amide bonds. The van der Waals surface area contributed by atoms with Crippen LogP contribution in [-0.4, -0.2) is 7.11 Å². The standard InChI is InChI=1S/C10H8N2O/c1-13-10-5-4-8(3-2-6-11)7-9(10)12/h4-5,7H,12H2,1H3. The van der Waals surface area contributed by atoms with Gasteiger partial charge in [-0.15, -0.1) is 0 Å². The lowest BCUT2D eigenvalue weighted by molar-refractivity contribution is 0.417. The molecule has 0 radical (unpaired) electrons. The van der Waals surface area contributed by atoms with Crippen LogP contribution in [-0.2, 0) is 0 Å². The van der Waals surface area contributed by atoms with Gasteiger partial charge in [0.25, 0.3) is 0 Å². The van der Waals surface area contributed by atoms with Crippen molar-refractivity contribution in [1.82, 2.24) is 0 Å². The number of nitrogens with two attached hydrogens (primary N) is 1. The molecular weight excluding hydrogens is 164 g/mol. The molecule has 3 nitrogen and oxygen atoms in total. The highest BCUT2D eigenvalue weighted by molar-refractivity contribution is 5.57. The first-order valence-corrected chi connectivity index (χ1v) is 3.61. The lowest BCUT2D eigenvalue weighted by Crippen LogP contribution is -1.92. The van der Waals surface area contributed by atoms with Crippen LogP contribution in [0, 0.1) is 23.2 Å². The van der Waals surface area contributed by atoms with E-state index in [1.807, 2.05) is 0 Å². The molecule has 0 fully saturated rings. The van der Waals surface area contributed by atoms with Crippen LogP contribution in [0.15, 0.2) is 18.2 Å². The van der Waals surface area contributed by atoms with Crippen molar-refractivity contribution in [3.8, 4) is 23.7 Å². The van der Waals surface area contributed by atoms with Gasteiger partial charge < -0.3 is 10.5 Å². The monoisotopic (exact) mass is 172 g/mol. The lowest BCUT2D eigenvalue weighted by atomic mass is 10.2. The van der Waals surface area contributed by atoms with E-state index in [4.69, 9.17) is 15.7 Å². The molecular formula is C10H8N2O. The molecule has 3 heteroatoms. The molecule has 0 heterocycles. The minimum absolute atomic E-state index is 0.521. The van der Waals surface area contributed by atoms with Gasteiger partial charge >= 0.3 is 0 Å². The number of nitrogen functional groups attached to an aromatic ring is 1. The maximum atomic E-state index is 8.22. The molecule has 0 aliphatic heterocycles. The Morgan fingerprint density at radius 1 is 1.46 bits per heavy atom. The van der Waals surface area contributed by atoms with Gasteiger partial charge in [-0.05, 0) is 18.2 Å². The van der Waals surface area contributed by atoms with Crippen LogP contribution in [0.25, 0.3) is 0 Å². The molecule has 0 saturated heterocycles. The fraction of sp³-hybridized carbons (Fsp3) is 0.100. The van der Waals surface area contributed by atoms with E-state index in [0.717, 1.165) is 0 Å². The summed E-state index contributed by atoms with van der Waals surface area (Å²) in [4.78, 5) is 0. The minimum atomic E-state index is 0.521. The molecule has 0 unspecified atom stereocenters. The molecule has 0 saturated carbocycles. The van der Waals surface area contributed by atoms with Gasteiger partial charge in [0.2, 0.25) is 0 Å². The van der Waals surface area contributed by atoms with Crippen molar-refractivity contribution in [3.05, 3.63) is 23.8 Å². The summed E-state index contributed by atoms with van der Waals surface area (Å²) in [7, 11) is 1.55. The number of benzene rings is 1. The highest BCUT2D eigenvalue weighted by atomic mass is 16.5. The zero-order chi connectivity index (χ0) is 9.68. The van der Waals surface area contributed by atoms with Crippen LogP contribution in [0.1, 0.15) is 5.56 Å². The maximum absolute atomic E-state index is 8.22. The molecule has 64 valence electrons. The third-order valence-corrected chi connectivity index (χ3v) is 1.49. The summed E-state index contributed by atoms with van der Waals surface area (Å²) in [6.07, 6.45) is 0. The Labute approximate surface area is 76.7 Å². The quantitative estimate of drug-likeness (QED) is 0.510. The predicted octanol–water partition coefficient (Wildman–Crippen LogP) is 1.15. The molecule has 0 spiro atoms. The van der Waals surface area contributed by atoms with E-state index in [9.17, 15) is 0 Å². The first kappa shape index (κ1) is 8.96. The third kappa shape index (κ3) is 2.15. The van der Waals surface area contributed by atoms with Gasteiger partial charge in [0.15, 0.2) is 6.07 Å². The fourth-order valence-corrected chi connectivity index (χ4v) is 0.912. The van der Waals surface area contributed by atoms with Crippen molar-refractivity contribution < 1.29 is 4.74 Å². The number of rotatable bonds is 1. The van der Waals surface area contributed by atoms with Crippen LogP contribution in [0.2, 0.25) is 0 Å². The maximum Gasteiger partial charge on any atom is 0.152 e. The van der Waals surface area contributed by atoms with Gasteiger partial charge in [-0.3, -0.25) is 0 Å². The highest BCUT2D eigenvalue weighted by Gasteiger charge is 1.97. The average Bonchev–Trinajstić information content (AvgIpc) is 2.15. The van der Waals surface area contributed by atoms with E-state index in [1.54, 1.807) is 31.4 Å². The van der Waals surface area contributed by atoms with Crippen molar-refractivity contribution in [2.45, 2.75) is 0 Å². The van der Waals surface area contributed by atoms with Crippen LogP contribution in [0.5, 0.6) is 5.75 Å². The Hall–Kier alpha value is -2.13. The van der Waals surface area contributed by atoms with Crippen LogP contribution >= 0.6 is 0 Å². The normalized spacial score (nSPS) is 8.00. The number of nitrogens with zero attached hydrogens (tertiary/aromatic N) is 1. The Morgan fingerprint density at radius 2 is 2.23 bits per heavy atom. The Kier molecular flexibility index (Phi) is 2.78. The SMILES string of the molecule is COc1ccc(C#CC#N)cc1N. The lowest BCUT2D eigenvalue weighted by Gasteiger charge is -2.02.